The Morgan fingerprint density at radius 1 is 1.06 bits per heavy atom. The third kappa shape index (κ3) is 6.08. The molecule has 1 amide bonds. The van der Waals surface area contributed by atoms with E-state index < -0.39 is 0 Å². The van der Waals surface area contributed by atoms with Gasteiger partial charge in [0.15, 0.2) is 11.5 Å². The summed E-state index contributed by atoms with van der Waals surface area (Å²) in [4.78, 5) is 17.1. The van der Waals surface area contributed by atoms with E-state index in [2.05, 4.69) is 56.1 Å². The first-order valence-corrected chi connectivity index (χ1v) is 12.0. The number of carbonyl (C=O) groups excluding carboxylic acids is 1. The quantitative estimate of drug-likeness (QED) is 0.535. The zero-order valence-electron chi connectivity index (χ0n) is 21.1. The monoisotopic (exact) mass is 452 g/mol. The van der Waals surface area contributed by atoms with E-state index in [0.717, 1.165) is 37.9 Å². The summed E-state index contributed by atoms with van der Waals surface area (Å²) in [5.41, 5.74) is 2.60. The fraction of sp³-hybridized carbons (Fsp3) is 0.536. The number of piperidine rings is 1. The second kappa shape index (κ2) is 11.1. The number of nitrogens with zero attached hydrogens (tertiary/aromatic N) is 2. The van der Waals surface area contributed by atoms with Gasteiger partial charge in [0.25, 0.3) is 0 Å². The highest BCUT2D eigenvalue weighted by Gasteiger charge is 2.42. The lowest BCUT2D eigenvalue weighted by molar-refractivity contribution is -0.130. The van der Waals surface area contributed by atoms with E-state index >= 15 is 0 Å². The van der Waals surface area contributed by atoms with Gasteiger partial charge >= 0.3 is 0 Å². The highest BCUT2D eigenvalue weighted by Crippen LogP contribution is 2.44. The Bertz CT molecular complexity index is 917. The van der Waals surface area contributed by atoms with Crippen LogP contribution in [0, 0.1) is 11.3 Å². The average Bonchev–Trinajstić information content (AvgIpc) is 2.80. The number of benzene rings is 2. The number of ether oxygens (including phenoxy) is 2. The summed E-state index contributed by atoms with van der Waals surface area (Å²) in [6, 6.07) is 17.2. The fourth-order valence-electron chi connectivity index (χ4n) is 5.34. The summed E-state index contributed by atoms with van der Waals surface area (Å²) in [6.07, 6.45) is 3.19. The van der Waals surface area contributed by atoms with Gasteiger partial charge < -0.3 is 19.3 Å². The van der Waals surface area contributed by atoms with Crippen LogP contribution in [0.1, 0.15) is 44.7 Å². The van der Waals surface area contributed by atoms with Crippen LogP contribution in [-0.2, 0) is 17.8 Å². The van der Waals surface area contributed by atoms with Gasteiger partial charge in [0, 0.05) is 32.6 Å². The molecule has 1 fully saturated rings. The lowest BCUT2D eigenvalue weighted by atomic mass is 9.63. The Hall–Kier alpha value is -2.53. The molecule has 0 N–H and O–H groups in total. The highest BCUT2D eigenvalue weighted by atomic mass is 16.5. The SMILES string of the molecule is COc1ccc(CN(CC[C@@]2(Cc3ccccc3)C[C@H](C)N(C)C[C@@H]2C)C(C)=O)cc1OC. The van der Waals surface area contributed by atoms with Crippen LogP contribution >= 0.6 is 0 Å². The fourth-order valence-corrected chi connectivity index (χ4v) is 5.34. The molecule has 0 aromatic heterocycles. The first-order valence-electron chi connectivity index (χ1n) is 12.0. The molecule has 0 aliphatic carbocycles. The first-order chi connectivity index (χ1) is 15.8. The van der Waals surface area contributed by atoms with E-state index in [1.54, 1.807) is 21.1 Å². The molecule has 1 saturated heterocycles. The van der Waals surface area contributed by atoms with Crippen LogP contribution in [0.25, 0.3) is 0 Å². The molecule has 5 heteroatoms. The van der Waals surface area contributed by atoms with Crippen molar-refractivity contribution in [3.05, 3.63) is 59.7 Å². The van der Waals surface area contributed by atoms with Gasteiger partial charge in [0.05, 0.1) is 14.2 Å². The van der Waals surface area contributed by atoms with Crippen molar-refractivity contribution in [3.63, 3.8) is 0 Å². The third-order valence-electron chi connectivity index (χ3n) is 7.61. The summed E-state index contributed by atoms with van der Waals surface area (Å²) in [5, 5.41) is 0. The Kier molecular flexibility index (Phi) is 8.41. The minimum atomic E-state index is 0.105. The molecule has 0 saturated carbocycles. The molecule has 3 atom stereocenters. The van der Waals surface area contributed by atoms with E-state index in [1.807, 2.05) is 23.1 Å². The van der Waals surface area contributed by atoms with E-state index in [1.165, 1.54) is 5.56 Å². The maximum Gasteiger partial charge on any atom is 0.219 e. The Labute approximate surface area is 199 Å². The largest absolute Gasteiger partial charge is 0.493 e. The Morgan fingerprint density at radius 3 is 2.39 bits per heavy atom. The average molecular weight is 453 g/mol. The molecular formula is C28H40N2O3. The van der Waals surface area contributed by atoms with Crippen LogP contribution in [0.2, 0.25) is 0 Å². The number of carbonyl (C=O) groups is 1. The molecule has 0 bridgehead atoms. The second-order valence-electron chi connectivity index (χ2n) is 9.80. The second-order valence-corrected chi connectivity index (χ2v) is 9.80. The van der Waals surface area contributed by atoms with Gasteiger partial charge in [-0.3, -0.25) is 4.79 Å². The predicted octanol–water partition coefficient (Wildman–Crippen LogP) is 5.03. The zero-order valence-corrected chi connectivity index (χ0v) is 21.1. The summed E-state index contributed by atoms with van der Waals surface area (Å²) >= 11 is 0. The standard InChI is InChI=1S/C28H40N2O3/c1-21-19-29(4)22(2)17-28(21,18-24-10-8-7-9-11-24)14-15-30(23(3)31)20-25-12-13-26(32-5)27(16-25)33-6/h7-13,16,21-22H,14-15,17-20H2,1-6H3/t21-,22-,28-/m0/s1. The van der Waals surface area contributed by atoms with Crippen molar-refractivity contribution in [1.29, 1.82) is 0 Å². The summed E-state index contributed by atoms with van der Waals surface area (Å²) in [7, 11) is 5.50. The number of amides is 1. The van der Waals surface area contributed by atoms with Crippen molar-refractivity contribution in [1.82, 2.24) is 9.80 Å². The molecule has 0 spiro atoms. The summed E-state index contributed by atoms with van der Waals surface area (Å²) in [5.74, 6) is 2.05. The lowest BCUT2D eigenvalue weighted by Gasteiger charge is -2.50. The number of hydrogen-bond donors (Lipinski definition) is 0. The summed E-state index contributed by atoms with van der Waals surface area (Å²) in [6.45, 7) is 8.79. The van der Waals surface area contributed by atoms with E-state index in [0.29, 0.717) is 30.0 Å². The molecule has 2 aromatic carbocycles. The molecule has 0 unspecified atom stereocenters. The van der Waals surface area contributed by atoms with Gasteiger partial charge in [0.1, 0.15) is 0 Å². The van der Waals surface area contributed by atoms with Crippen LogP contribution < -0.4 is 9.47 Å². The molecule has 3 rings (SSSR count). The van der Waals surface area contributed by atoms with E-state index in [4.69, 9.17) is 9.47 Å². The molecule has 33 heavy (non-hydrogen) atoms. The molecule has 1 heterocycles. The number of methoxy groups -OCH3 is 2. The topological polar surface area (TPSA) is 42.0 Å². The first kappa shape index (κ1) is 25.1. The molecule has 5 nitrogen and oxygen atoms in total. The van der Waals surface area contributed by atoms with E-state index in [-0.39, 0.29) is 11.3 Å². The number of rotatable bonds is 9. The number of likely N-dealkylation sites (tertiary alicyclic amines) is 1. The smallest absolute Gasteiger partial charge is 0.219 e. The third-order valence-corrected chi connectivity index (χ3v) is 7.61. The van der Waals surface area contributed by atoms with Gasteiger partial charge in [-0.05, 0) is 67.8 Å². The normalized spacial score (nSPS) is 23.2. The van der Waals surface area contributed by atoms with Crippen molar-refractivity contribution < 1.29 is 14.3 Å². The number of hydrogen-bond acceptors (Lipinski definition) is 4. The van der Waals surface area contributed by atoms with Gasteiger partial charge in [-0.25, -0.2) is 0 Å². The van der Waals surface area contributed by atoms with Crippen LogP contribution in [0.5, 0.6) is 11.5 Å². The van der Waals surface area contributed by atoms with Crippen LogP contribution in [0.3, 0.4) is 0 Å². The van der Waals surface area contributed by atoms with Crippen LogP contribution in [-0.4, -0.2) is 56.1 Å². The Balaban J connectivity index is 1.80. The van der Waals surface area contributed by atoms with Gasteiger partial charge in [-0.1, -0.05) is 43.3 Å². The minimum absolute atomic E-state index is 0.105. The molecule has 1 aliphatic heterocycles. The van der Waals surface area contributed by atoms with Crippen LogP contribution in [0.15, 0.2) is 48.5 Å². The highest BCUT2D eigenvalue weighted by molar-refractivity contribution is 5.73. The van der Waals surface area contributed by atoms with Gasteiger partial charge in [0.2, 0.25) is 5.91 Å². The lowest BCUT2D eigenvalue weighted by Crippen LogP contribution is -2.51. The van der Waals surface area contributed by atoms with Crippen molar-refractivity contribution in [2.24, 2.45) is 11.3 Å². The predicted molar refractivity (Wildman–Crippen MR) is 134 cm³/mol. The maximum atomic E-state index is 12.6. The molecule has 0 radical (unpaired) electrons. The van der Waals surface area contributed by atoms with Gasteiger partial charge in [-0.2, -0.15) is 0 Å². The minimum Gasteiger partial charge on any atom is -0.493 e. The van der Waals surface area contributed by atoms with Crippen molar-refractivity contribution in [2.75, 3.05) is 34.4 Å². The van der Waals surface area contributed by atoms with Crippen molar-refractivity contribution in [2.45, 2.75) is 52.6 Å². The van der Waals surface area contributed by atoms with Crippen LogP contribution in [0.4, 0.5) is 0 Å². The zero-order chi connectivity index (χ0) is 24.0. The van der Waals surface area contributed by atoms with Gasteiger partial charge in [-0.15, -0.1) is 0 Å². The molecule has 1 aliphatic rings. The Morgan fingerprint density at radius 2 is 1.76 bits per heavy atom. The van der Waals surface area contributed by atoms with Crippen molar-refractivity contribution in [3.8, 4) is 11.5 Å². The maximum absolute atomic E-state index is 12.6. The molecule has 2 aromatic rings. The van der Waals surface area contributed by atoms with Crippen molar-refractivity contribution >= 4 is 5.91 Å². The summed E-state index contributed by atoms with van der Waals surface area (Å²) < 4.78 is 10.8. The molecular weight excluding hydrogens is 412 g/mol. The van der Waals surface area contributed by atoms with E-state index in [9.17, 15) is 4.79 Å². The molecule has 180 valence electrons.